The molecule has 0 spiro atoms. The predicted molar refractivity (Wildman–Crippen MR) is 90.7 cm³/mol. The van der Waals surface area contributed by atoms with E-state index in [1.165, 1.54) is 0 Å². The van der Waals surface area contributed by atoms with Crippen LogP contribution in [0.5, 0.6) is 5.88 Å². The zero-order chi connectivity index (χ0) is 16.2. The molecule has 0 aliphatic carbocycles. The van der Waals surface area contributed by atoms with Gasteiger partial charge in [-0.25, -0.2) is 9.97 Å². The first-order valence-electron chi connectivity index (χ1n) is 8.40. The minimum atomic E-state index is 0.587. The Balaban J connectivity index is 1.27. The Morgan fingerprint density at radius 1 is 1.17 bits per heavy atom. The molecule has 0 unspecified atom stereocenters. The fourth-order valence-electron chi connectivity index (χ4n) is 3.17. The van der Waals surface area contributed by atoms with Gasteiger partial charge in [-0.2, -0.15) is 0 Å². The highest BCUT2D eigenvalue weighted by molar-refractivity contribution is 5.39. The molecular formula is C18H21N5O. The van der Waals surface area contributed by atoms with Crippen LogP contribution < -0.4 is 4.74 Å². The molecule has 6 nitrogen and oxygen atoms in total. The SMILES string of the molecule is c1ccn2cc(CN3CCC(COc4cnccn4)CC3)nc2c1. The van der Waals surface area contributed by atoms with Gasteiger partial charge in [0.05, 0.1) is 18.5 Å². The topological polar surface area (TPSA) is 55.6 Å². The molecule has 0 bridgehead atoms. The summed E-state index contributed by atoms with van der Waals surface area (Å²) >= 11 is 0. The number of pyridine rings is 1. The van der Waals surface area contributed by atoms with Gasteiger partial charge in [-0.3, -0.25) is 9.88 Å². The van der Waals surface area contributed by atoms with Crippen LogP contribution in [0.1, 0.15) is 18.5 Å². The molecular weight excluding hydrogens is 302 g/mol. The summed E-state index contributed by atoms with van der Waals surface area (Å²) in [6.45, 7) is 3.81. The summed E-state index contributed by atoms with van der Waals surface area (Å²) in [5.74, 6) is 1.20. The molecule has 1 saturated heterocycles. The Hall–Kier alpha value is -2.47. The molecule has 124 valence electrons. The van der Waals surface area contributed by atoms with E-state index in [0.717, 1.165) is 50.4 Å². The maximum atomic E-state index is 5.73. The van der Waals surface area contributed by atoms with Crippen molar-refractivity contribution in [1.29, 1.82) is 0 Å². The second kappa shape index (κ2) is 6.97. The number of aromatic nitrogens is 4. The molecule has 4 heterocycles. The summed E-state index contributed by atoms with van der Waals surface area (Å²) in [4.78, 5) is 15.3. The van der Waals surface area contributed by atoms with Gasteiger partial charge in [-0.15, -0.1) is 0 Å². The number of rotatable bonds is 5. The molecule has 1 aliphatic rings. The molecule has 4 rings (SSSR count). The largest absolute Gasteiger partial charge is 0.476 e. The van der Waals surface area contributed by atoms with E-state index in [2.05, 4.69) is 30.4 Å². The second-order valence-corrected chi connectivity index (χ2v) is 6.27. The lowest BCUT2D eigenvalue weighted by atomic mass is 9.98. The van der Waals surface area contributed by atoms with Crippen molar-refractivity contribution in [3.05, 3.63) is 54.9 Å². The first kappa shape index (κ1) is 15.1. The Bertz CT molecular complexity index is 747. The van der Waals surface area contributed by atoms with Gasteiger partial charge in [0.1, 0.15) is 5.65 Å². The average Bonchev–Trinajstić information content (AvgIpc) is 3.04. The third-order valence-electron chi connectivity index (χ3n) is 4.51. The number of imidazole rings is 1. The molecule has 3 aromatic rings. The van der Waals surface area contributed by atoms with Crippen molar-refractivity contribution in [2.24, 2.45) is 5.92 Å². The van der Waals surface area contributed by atoms with Crippen molar-refractivity contribution in [1.82, 2.24) is 24.3 Å². The molecule has 24 heavy (non-hydrogen) atoms. The smallest absolute Gasteiger partial charge is 0.232 e. The monoisotopic (exact) mass is 323 g/mol. The lowest BCUT2D eigenvalue weighted by molar-refractivity contribution is 0.133. The minimum Gasteiger partial charge on any atom is -0.476 e. The number of fused-ring (bicyclic) bond motifs is 1. The van der Waals surface area contributed by atoms with Crippen LogP contribution in [0.2, 0.25) is 0 Å². The quantitative estimate of drug-likeness (QED) is 0.722. The van der Waals surface area contributed by atoms with Gasteiger partial charge in [0, 0.05) is 31.3 Å². The highest BCUT2D eigenvalue weighted by Gasteiger charge is 2.20. The normalized spacial score (nSPS) is 16.5. The molecule has 0 radical (unpaired) electrons. The van der Waals surface area contributed by atoms with E-state index in [4.69, 9.17) is 4.74 Å². The van der Waals surface area contributed by atoms with Gasteiger partial charge in [-0.05, 0) is 44.0 Å². The van der Waals surface area contributed by atoms with E-state index in [0.29, 0.717) is 11.8 Å². The van der Waals surface area contributed by atoms with E-state index in [1.54, 1.807) is 18.6 Å². The van der Waals surface area contributed by atoms with Gasteiger partial charge in [-0.1, -0.05) is 6.07 Å². The molecule has 1 aliphatic heterocycles. The first-order valence-corrected chi connectivity index (χ1v) is 8.40. The summed E-state index contributed by atoms with van der Waals surface area (Å²) in [6, 6.07) is 6.09. The summed E-state index contributed by atoms with van der Waals surface area (Å²) in [5, 5.41) is 0. The van der Waals surface area contributed by atoms with E-state index in [-0.39, 0.29) is 0 Å². The molecule has 0 saturated carbocycles. The van der Waals surface area contributed by atoms with E-state index < -0.39 is 0 Å². The van der Waals surface area contributed by atoms with Crippen LogP contribution >= 0.6 is 0 Å². The lowest BCUT2D eigenvalue weighted by Gasteiger charge is -2.31. The molecule has 0 atom stereocenters. The fraction of sp³-hybridized carbons (Fsp3) is 0.389. The van der Waals surface area contributed by atoms with Gasteiger partial charge < -0.3 is 9.14 Å². The van der Waals surface area contributed by atoms with Crippen molar-refractivity contribution in [3.8, 4) is 5.88 Å². The standard InChI is InChI=1S/C18H21N5O/c1-2-8-23-13-16(21-17(23)3-1)12-22-9-4-15(5-10-22)14-24-18-11-19-6-7-20-18/h1-3,6-8,11,13,15H,4-5,9-10,12,14H2. The van der Waals surface area contributed by atoms with Gasteiger partial charge in [0.15, 0.2) is 0 Å². The molecule has 6 heteroatoms. The van der Waals surface area contributed by atoms with Crippen LogP contribution in [-0.4, -0.2) is 43.9 Å². The number of likely N-dealkylation sites (tertiary alicyclic amines) is 1. The summed E-state index contributed by atoms with van der Waals surface area (Å²) in [7, 11) is 0. The lowest BCUT2D eigenvalue weighted by Crippen LogP contribution is -2.35. The molecule has 3 aromatic heterocycles. The van der Waals surface area contributed by atoms with Gasteiger partial charge >= 0.3 is 0 Å². The fourth-order valence-corrected chi connectivity index (χ4v) is 3.17. The molecule has 0 N–H and O–H groups in total. The highest BCUT2D eigenvalue weighted by Crippen LogP contribution is 2.20. The number of nitrogens with zero attached hydrogens (tertiary/aromatic N) is 5. The van der Waals surface area contributed by atoms with Crippen molar-refractivity contribution in [3.63, 3.8) is 0 Å². The summed E-state index contributed by atoms with van der Waals surface area (Å²) < 4.78 is 7.81. The third kappa shape index (κ3) is 3.54. The Morgan fingerprint density at radius 2 is 2.08 bits per heavy atom. The van der Waals surface area contributed by atoms with E-state index in [9.17, 15) is 0 Å². The maximum Gasteiger partial charge on any atom is 0.232 e. The number of hydrogen-bond donors (Lipinski definition) is 0. The first-order chi connectivity index (χ1) is 11.9. The minimum absolute atomic E-state index is 0.587. The van der Waals surface area contributed by atoms with Crippen molar-refractivity contribution in [2.45, 2.75) is 19.4 Å². The Kier molecular flexibility index (Phi) is 4.38. The highest BCUT2D eigenvalue weighted by atomic mass is 16.5. The van der Waals surface area contributed by atoms with E-state index in [1.807, 2.05) is 24.4 Å². The average molecular weight is 323 g/mol. The molecule has 0 aromatic carbocycles. The van der Waals surface area contributed by atoms with Crippen LogP contribution in [0.15, 0.2) is 49.2 Å². The van der Waals surface area contributed by atoms with Crippen LogP contribution in [0.3, 0.4) is 0 Å². The number of ether oxygens (including phenoxy) is 1. The van der Waals surface area contributed by atoms with Gasteiger partial charge in [0.2, 0.25) is 5.88 Å². The second-order valence-electron chi connectivity index (χ2n) is 6.27. The summed E-state index contributed by atoms with van der Waals surface area (Å²) in [5.41, 5.74) is 2.15. The van der Waals surface area contributed by atoms with Crippen molar-refractivity contribution < 1.29 is 4.74 Å². The third-order valence-corrected chi connectivity index (χ3v) is 4.51. The van der Waals surface area contributed by atoms with E-state index >= 15 is 0 Å². The van der Waals surface area contributed by atoms with Crippen LogP contribution in [-0.2, 0) is 6.54 Å². The van der Waals surface area contributed by atoms with Crippen LogP contribution in [0, 0.1) is 5.92 Å². The Labute approximate surface area is 141 Å². The maximum absolute atomic E-state index is 5.73. The zero-order valence-corrected chi connectivity index (χ0v) is 13.6. The van der Waals surface area contributed by atoms with Crippen molar-refractivity contribution in [2.75, 3.05) is 19.7 Å². The van der Waals surface area contributed by atoms with Gasteiger partial charge in [0.25, 0.3) is 0 Å². The molecule has 1 fully saturated rings. The Morgan fingerprint density at radius 3 is 2.88 bits per heavy atom. The van der Waals surface area contributed by atoms with Crippen molar-refractivity contribution >= 4 is 5.65 Å². The number of hydrogen-bond acceptors (Lipinski definition) is 5. The zero-order valence-electron chi connectivity index (χ0n) is 13.6. The van der Waals surface area contributed by atoms with Crippen LogP contribution in [0.25, 0.3) is 5.65 Å². The molecule has 0 amide bonds. The van der Waals surface area contributed by atoms with Crippen LogP contribution in [0.4, 0.5) is 0 Å². The predicted octanol–water partition coefficient (Wildman–Crippen LogP) is 2.42. The summed E-state index contributed by atoms with van der Waals surface area (Å²) in [6.07, 6.45) is 11.4. The number of piperidine rings is 1.